The molecular formula is C21H19N7O2S2. The third-order valence-electron chi connectivity index (χ3n) is 4.38. The van der Waals surface area contributed by atoms with Gasteiger partial charge in [-0.05, 0) is 53.7 Å². The van der Waals surface area contributed by atoms with Crippen LogP contribution >= 0.6 is 23.1 Å². The standard InChI is InChI=1S/C21H19N7O2S2/c1-13-22-18(11-31-13)15-4-3-5-17(10-15)24-20(30)14-6-8-16(9-7-14)23-19(29)12-32-21-25-26-27-28(21)2/h3-11H,12H2,1-2H3,(H,23,29)(H,24,30). The molecule has 0 aliphatic carbocycles. The van der Waals surface area contributed by atoms with E-state index in [0.29, 0.717) is 22.1 Å². The van der Waals surface area contributed by atoms with E-state index >= 15 is 0 Å². The van der Waals surface area contributed by atoms with Crippen molar-refractivity contribution >= 4 is 46.3 Å². The van der Waals surface area contributed by atoms with Crippen molar-refractivity contribution in [2.75, 3.05) is 16.4 Å². The van der Waals surface area contributed by atoms with Crippen LogP contribution in [-0.4, -0.2) is 42.8 Å². The molecule has 0 aliphatic rings. The molecule has 2 N–H and O–H groups in total. The number of nitrogens with zero attached hydrogens (tertiary/aromatic N) is 5. The molecule has 4 rings (SSSR count). The van der Waals surface area contributed by atoms with Crippen molar-refractivity contribution < 1.29 is 9.59 Å². The van der Waals surface area contributed by atoms with Gasteiger partial charge in [-0.1, -0.05) is 23.9 Å². The smallest absolute Gasteiger partial charge is 0.255 e. The zero-order chi connectivity index (χ0) is 22.5. The maximum Gasteiger partial charge on any atom is 0.255 e. The second-order valence-electron chi connectivity index (χ2n) is 6.79. The van der Waals surface area contributed by atoms with E-state index in [-0.39, 0.29) is 17.6 Å². The second-order valence-corrected chi connectivity index (χ2v) is 8.79. The molecule has 2 amide bonds. The third kappa shape index (κ3) is 5.37. The number of hydrogen-bond donors (Lipinski definition) is 2. The monoisotopic (exact) mass is 465 g/mol. The van der Waals surface area contributed by atoms with Crippen LogP contribution in [0.3, 0.4) is 0 Å². The van der Waals surface area contributed by atoms with E-state index in [2.05, 4.69) is 31.1 Å². The highest BCUT2D eigenvalue weighted by molar-refractivity contribution is 7.99. The summed E-state index contributed by atoms with van der Waals surface area (Å²) in [7, 11) is 1.71. The van der Waals surface area contributed by atoms with Gasteiger partial charge in [0.15, 0.2) is 0 Å². The van der Waals surface area contributed by atoms with Crippen molar-refractivity contribution in [1.29, 1.82) is 0 Å². The highest BCUT2D eigenvalue weighted by Crippen LogP contribution is 2.24. The molecule has 0 saturated heterocycles. The van der Waals surface area contributed by atoms with Gasteiger partial charge < -0.3 is 10.6 Å². The Hall–Kier alpha value is -3.57. The van der Waals surface area contributed by atoms with Gasteiger partial charge in [0.25, 0.3) is 5.91 Å². The van der Waals surface area contributed by atoms with E-state index in [9.17, 15) is 9.59 Å². The summed E-state index contributed by atoms with van der Waals surface area (Å²) in [4.78, 5) is 29.2. The lowest BCUT2D eigenvalue weighted by molar-refractivity contribution is -0.113. The number of nitrogens with one attached hydrogen (secondary N) is 2. The number of thioether (sulfide) groups is 1. The molecule has 0 unspecified atom stereocenters. The Balaban J connectivity index is 1.34. The highest BCUT2D eigenvalue weighted by atomic mass is 32.2. The first kappa shape index (κ1) is 21.7. The van der Waals surface area contributed by atoms with Crippen LogP contribution in [0.4, 0.5) is 11.4 Å². The number of tetrazole rings is 1. The SMILES string of the molecule is Cc1nc(-c2cccc(NC(=O)c3ccc(NC(=O)CSc4nnnn4C)cc3)c2)cs1. The topological polar surface area (TPSA) is 115 Å². The number of thiazole rings is 1. The molecule has 0 atom stereocenters. The number of hydrogen-bond acceptors (Lipinski definition) is 8. The number of amides is 2. The fourth-order valence-corrected chi connectivity index (χ4v) is 4.10. The number of anilines is 2. The van der Waals surface area contributed by atoms with Crippen LogP contribution in [0.15, 0.2) is 59.1 Å². The molecular weight excluding hydrogens is 446 g/mol. The molecule has 0 bridgehead atoms. The number of rotatable bonds is 7. The van der Waals surface area contributed by atoms with E-state index in [1.165, 1.54) is 16.4 Å². The fraction of sp³-hybridized carbons (Fsp3) is 0.143. The predicted octanol–water partition coefficient (Wildman–Crippen LogP) is 3.63. The van der Waals surface area contributed by atoms with E-state index in [1.54, 1.807) is 42.6 Å². The van der Waals surface area contributed by atoms with Crippen molar-refractivity contribution in [1.82, 2.24) is 25.2 Å². The van der Waals surface area contributed by atoms with Crippen molar-refractivity contribution in [2.24, 2.45) is 7.05 Å². The molecule has 0 aliphatic heterocycles. The Morgan fingerprint density at radius 2 is 1.91 bits per heavy atom. The normalized spacial score (nSPS) is 10.7. The molecule has 162 valence electrons. The molecule has 0 radical (unpaired) electrons. The Morgan fingerprint density at radius 1 is 1.09 bits per heavy atom. The van der Waals surface area contributed by atoms with E-state index in [1.807, 2.05) is 36.6 Å². The van der Waals surface area contributed by atoms with Gasteiger partial charge in [0.1, 0.15) is 0 Å². The third-order valence-corrected chi connectivity index (χ3v) is 6.16. The number of aryl methyl sites for hydroxylation is 2. The molecule has 0 fully saturated rings. The number of benzene rings is 2. The molecule has 0 saturated carbocycles. The van der Waals surface area contributed by atoms with Crippen LogP contribution in [0, 0.1) is 6.92 Å². The summed E-state index contributed by atoms with van der Waals surface area (Å²) >= 11 is 2.82. The largest absolute Gasteiger partial charge is 0.325 e. The first-order chi connectivity index (χ1) is 15.5. The first-order valence-corrected chi connectivity index (χ1v) is 11.4. The summed E-state index contributed by atoms with van der Waals surface area (Å²) in [6.45, 7) is 1.96. The Labute approximate surface area is 192 Å². The van der Waals surface area contributed by atoms with Crippen LogP contribution in [0.5, 0.6) is 0 Å². The van der Waals surface area contributed by atoms with E-state index in [0.717, 1.165) is 16.3 Å². The summed E-state index contributed by atoms with van der Waals surface area (Å²) < 4.78 is 1.50. The Morgan fingerprint density at radius 3 is 2.59 bits per heavy atom. The van der Waals surface area contributed by atoms with Gasteiger partial charge in [-0.15, -0.1) is 16.4 Å². The van der Waals surface area contributed by atoms with E-state index in [4.69, 9.17) is 0 Å². The van der Waals surface area contributed by atoms with Crippen LogP contribution < -0.4 is 10.6 Å². The lowest BCUT2D eigenvalue weighted by Gasteiger charge is -2.08. The summed E-state index contributed by atoms with van der Waals surface area (Å²) in [5.41, 5.74) is 3.60. The predicted molar refractivity (Wildman–Crippen MR) is 125 cm³/mol. The maximum absolute atomic E-state index is 12.6. The van der Waals surface area contributed by atoms with E-state index < -0.39 is 0 Å². The maximum atomic E-state index is 12.6. The minimum absolute atomic E-state index is 0.172. The quantitative estimate of drug-likeness (QED) is 0.401. The summed E-state index contributed by atoms with van der Waals surface area (Å²) in [5.74, 6) is -0.255. The lowest BCUT2D eigenvalue weighted by atomic mass is 10.1. The molecule has 0 spiro atoms. The van der Waals surface area contributed by atoms with Gasteiger partial charge in [0, 0.05) is 34.9 Å². The summed E-state index contributed by atoms with van der Waals surface area (Å²) in [6.07, 6.45) is 0. The molecule has 9 nitrogen and oxygen atoms in total. The van der Waals surface area contributed by atoms with Crippen LogP contribution in [0.2, 0.25) is 0 Å². The van der Waals surface area contributed by atoms with Crippen molar-refractivity contribution in [3.8, 4) is 11.3 Å². The van der Waals surface area contributed by atoms with Gasteiger partial charge >= 0.3 is 0 Å². The van der Waals surface area contributed by atoms with Crippen molar-refractivity contribution in [2.45, 2.75) is 12.1 Å². The molecule has 32 heavy (non-hydrogen) atoms. The zero-order valence-corrected chi connectivity index (χ0v) is 18.9. The lowest BCUT2D eigenvalue weighted by Crippen LogP contribution is -2.15. The molecule has 11 heteroatoms. The molecule has 2 aromatic carbocycles. The molecule has 2 heterocycles. The Kier molecular flexibility index (Phi) is 6.57. The average molecular weight is 466 g/mol. The van der Waals surface area contributed by atoms with Gasteiger partial charge in [-0.25, -0.2) is 9.67 Å². The molecule has 4 aromatic rings. The minimum atomic E-state index is -0.236. The number of aromatic nitrogens is 5. The van der Waals surface area contributed by atoms with Crippen molar-refractivity contribution in [3.63, 3.8) is 0 Å². The van der Waals surface area contributed by atoms with Crippen molar-refractivity contribution in [3.05, 3.63) is 64.5 Å². The van der Waals surface area contributed by atoms with Gasteiger partial charge in [-0.2, -0.15) is 0 Å². The zero-order valence-electron chi connectivity index (χ0n) is 17.3. The minimum Gasteiger partial charge on any atom is -0.325 e. The average Bonchev–Trinajstić information content (AvgIpc) is 3.41. The highest BCUT2D eigenvalue weighted by Gasteiger charge is 2.10. The number of carbonyl (C=O) groups excluding carboxylic acids is 2. The van der Waals surface area contributed by atoms with Gasteiger partial charge in [-0.3, -0.25) is 9.59 Å². The van der Waals surface area contributed by atoms with Gasteiger partial charge in [0.05, 0.1) is 16.5 Å². The second kappa shape index (κ2) is 9.71. The Bertz CT molecular complexity index is 1250. The van der Waals surface area contributed by atoms with Crippen LogP contribution in [0.1, 0.15) is 15.4 Å². The van der Waals surface area contributed by atoms with Gasteiger partial charge in [0.2, 0.25) is 11.1 Å². The molecule has 2 aromatic heterocycles. The summed E-state index contributed by atoms with van der Waals surface area (Å²) in [6, 6.07) is 14.3. The van der Waals surface area contributed by atoms with Crippen LogP contribution in [-0.2, 0) is 11.8 Å². The first-order valence-electron chi connectivity index (χ1n) is 9.57. The fourth-order valence-electron chi connectivity index (χ4n) is 2.83. The number of carbonyl (C=O) groups is 2. The van der Waals surface area contributed by atoms with Crippen LogP contribution in [0.25, 0.3) is 11.3 Å². The summed E-state index contributed by atoms with van der Waals surface area (Å²) in [5, 5.41) is 20.3.